The smallest absolute Gasteiger partial charge is 0.397 e. The normalized spacial score (nSPS) is 12.9. The highest BCUT2D eigenvalue weighted by Gasteiger charge is 2.27. The molecule has 31 heteroatoms. The number of azo groups is 2. The molecule has 25 nitrogen and oxygen atoms in total. The van der Waals surface area contributed by atoms with Crippen LogP contribution in [0.25, 0.3) is 10.8 Å². The zero-order valence-electron chi connectivity index (χ0n) is 29.6. The SMILES string of the molecule is COc1cc(S(=O)(=O)CCOS(=O)(=O)O)c(C)cc1N=Nc1c(S(=O)(=O)O)cc2cc(SOOO)c(N=Nc3cccc(S(=O)(=O)CCOSOOO)c3)c(O)c2c1N. The van der Waals surface area contributed by atoms with Gasteiger partial charge in [-0.05, 0) is 54.3 Å². The van der Waals surface area contributed by atoms with Gasteiger partial charge in [0.2, 0.25) is 0 Å². The molecule has 0 unspecified atom stereocenters. The highest BCUT2D eigenvalue weighted by molar-refractivity contribution is 7.94. The number of sulfone groups is 2. The van der Waals surface area contributed by atoms with Gasteiger partial charge in [0.25, 0.3) is 10.1 Å². The van der Waals surface area contributed by atoms with Crippen molar-refractivity contribution < 1.29 is 90.2 Å². The van der Waals surface area contributed by atoms with Crippen LogP contribution in [0.15, 0.2) is 88.6 Å². The number of rotatable bonds is 21. The highest BCUT2D eigenvalue weighted by atomic mass is 32.3. The number of phenolic OH excluding ortho intramolecular Hbond substituents is 1. The average molecular weight is 948 g/mol. The minimum absolute atomic E-state index is 0.0241. The molecule has 0 saturated heterocycles. The Kier molecular flexibility index (Phi) is 16.1. The lowest BCUT2D eigenvalue weighted by Crippen LogP contribution is -2.16. The van der Waals surface area contributed by atoms with Gasteiger partial charge in [0, 0.05) is 6.07 Å². The molecule has 0 saturated carbocycles. The number of hydrogen-bond donors (Lipinski definition) is 6. The van der Waals surface area contributed by atoms with Gasteiger partial charge < -0.3 is 15.6 Å². The molecule has 0 amide bonds. The van der Waals surface area contributed by atoms with E-state index in [4.69, 9.17) is 29.7 Å². The molecule has 4 aromatic carbocycles. The summed E-state index contributed by atoms with van der Waals surface area (Å²) in [6.45, 7) is 0.0279. The van der Waals surface area contributed by atoms with Crippen molar-refractivity contribution in [1.82, 2.24) is 0 Å². The lowest BCUT2D eigenvalue weighted by Gasteiger charge is -2.14. The van der Waals surface area contributed by atoms with Crippen LogP contribution in [-0.4, -0.2) is 90.2 Å². The average Bonchev–Trinajstić information content (AvgIpc) is 3.15. The van der Waals surface area contributed by atoms with Crippen LogP contribution >= 0.6 is 24.4 Å². The topological polar surface area (TPSA) is 378 Å². The largest absolute Gasteiger partial charge is 0.505 e. The van der Waals surface area contributed by atoms with Crippen LogP contribution in [0.1, 0.15) is 5.56 Å². The van der Waals surface area contributed by atoms with Crippen LogP contribution in [0.5, 0.6) is 11.5 Å². The molecule has 0 aliphatic rings. The van der Waals surface area contributed by atoms with E-state index in [-0.39, 0.29) is 79.1 Å². The van der Waals surface area contributed by atoms with Gasteiger partial charge in [-0.1, -0.05) is 16.1 Å². The molecule has 322 valence electrons. The van der Waals surface area contributed by atoms with Crippen molar-refractivity contribution in [1.29, 1.82) is 0 Å². The number of hydrogen-bond acceptors (Lipinski definition) is 25. The summed E-state index contributed by atoms with van der Waals surface area (Å²) in [6, 6.07) is 9.19. The van der Waals surface area contributed by atoms with Crippen LogP contribution in [0, 0.1) is 6.92 Å². The van der Waals surface area contributed by atoms with E-state index in [9.17, 15) is 43.3 Å². The van der Waals surface area contributed by atoms with E-state index in [0.29, 0.717) is 0 Å². The fraction of sp³-hybridized carbons (Fsp3) is 0.214. The molecule has 0 fully saturated rings. The quantitative estimate of drug-likeness (QED) is 0.0117. The molecule has 4 aromatic rings. The predicted molar refractivity (Wildman–Crippen MR) is 203 cm³/mol. The van der Waals surface area contributed by atoms with E-state index in [0.717, 1.165) is 37.4 Å². The molecule has 0 spiro atoms. The fourth-order valence-corrected chi connectivity index (χ4v) is 9.26. The third-order valence-electron chi connectivity index (χ3n) is 7.38. The van der Waals surface area contributed by atoms with E-state index in [1.54, 1.807) is 0 Å². The number of nitrogens with two attached hydrogens (primary N) is 1. The molecule has 0 aliphatic heterocycles. The first-order chi connectivity index (χ1) is 27.6. The molecule has 0 heterocycles. The molecule has 0 bridgehead atoms. The highest BCUT2D eigenvalue weighted by Crippen LogP contribution is 2.50. The van der Waals surface area contributed by atoms with Gasteiger partial charge >= 0.3 is 10.4 Å². The predicted octanol–water partition coefficient (Wildman–Crippen LogP) is 5.32. The fourth-order valence-electron chi connectivity index (χ4n) is 4.89. The Labute approximate surface area is 342 Å². The second-order valence-electron chi connectivity index (χ2n) is 11.1. The molecule has 4 rings (SSSR count). The minimum Gasteiger partial charge on any atom is -0.505 e. The second kappa shape index (κ2) is 19.9. The van der Waals surface area contributed by atoms with Crippen molar-refractivity contribution in [2.24, 2.45) is 20.5 Å². The number of anilines is 1. The maximum Gasteiger partial charge on any atom is 0.397 e. The number of aryl methyl sites for hydroxylation is 1. The first kappa shape index (κ1) is 47.5. The Morgan fingerprint density at radius 3 is 2.10 bits per heavy atom. The summed E-state index contributed by atoms with van der Waals surface area (Å²) in [5.74, 6) is -2.47. The van der Waals surface area contributed by atoms with E-state index in [1.165, 1.54) is 25.1 Å². The standard InChI is InChI=1S/C28H29N5O20S6/c1-15-10-19(20(47-2)14-22(15)57(39,40)9-7-49-59(44,45)46)31-33-27-23(58(41,42)43)12-16-11-21(54-52-50-35)26(28(34)24(16)25(27)29)32-30-17-4-3-5-18(13-17)56(37,38)8-6-48-55-53-51-36/h3-5,10-14,34-36H,6-9,29H2,1-2H3,(H,41,42,43)(H,44,45,46). The summed E-state index contributed by atoms with van der Waals surface area (Å²) in [5, 5.41) is 50.7. The number of nitrogen functional groups attached to an aromatic ring is 1. The van der Waals surface area contributed by atoms with E-state index < -0.39 is 86.0 Å². The lowest BCUT2D eigenvalue weighted by molar-refractivity contribution is -0.434. The molecule has 59 heavy (non-hydrogen) atoms. The summed E-state index contributed by atoms with van der Waals surface area (Å²) >= 11 is 0.428. The molecule has 0 radical (unpaired) electrons. The Bertz CT molecular complexity index is 2720. The Balaban J connectivity index is 1.82. The lowest BCUT2D eigenvalue weighted by atomic mass is 10.1. The van der Waals surface area contributed by atoms with Crippen molar-refractivity contribution in [3.05, 3.63) is 54.1 Å². The second-order valence-corrected chi connectivity index (χ2v) is 19.0. The number of benzene rings is 4. The maximum atomic E-state index is 12.9. The van der Waals surface area contributed by atoms with Crippen LogP contribution in [-0.2, 0) is 67.3 Å². The maximum absolute atomic E-state index is 12.9. The third-order valence-corrected chi connectivity index (χ3v) is 13.2. The number of ether oxygens (including phenoxy) is 1. The van der Waals surface area contributed by atoms with Crippen LogP contribution < -0.4 is 10.5 Å². The monoisotopic (exact) mass is 947 g/mol. The van der Waals surface area contributed by atoms with Crippen molar-refractivity contribution in [3.63, 3.8) is 0 Å². The Morgan fingerprint density at radius 1 is 0.780 bits per heavy atom. The molecule has 0 atom stereocenters. The van der Waals surface area contributed by atoms with Gasteiger partial charge in [-0.3, -0.25) is 13.3 Å². The Hall–Kier alpha value is -4.16. The van der Waals surface area contributed by atoms with E-state index >= 15 is 0 Å². The first-order valence-corrected chi connectivity index (χ1v) is 22.9. The van der Waals surface area contributed by atoms with Gasteiger partial charge in [-0.2, -0.15) is 21.9 Å². The minimum atomic E-state index is -5.17. The Morgan fingerprint density at radius 2 is 1.46 bits per heavy atom. The van der Waals surface area contributed by atoms with Crippen LogP contribution in [0.3, 0.4) is 0 Å². The summed E-state index contributed by atoms with van der Waals surface area (Å²) in [4.78, 5) is -1.71. The number of nitrogens with zero attached hydrogens (tertiary/aromatic N) is 4. The molecule has 7 N–H and O–H groups in total. The van der Waals surface area contributed by atoms with E-state index in [2.05, 4.69) is 43.4 Å². The number of fused-ring (bicyclic) bond motifs is 1. The van der Waals surface area contributed by atoms with Crippen molar-refractivity contribution in [2.45, 2.75) is 26.5 Å². The van der Waals surface area contributed by atoms with Gasteiger partial charge in [0.15, 0.2) is 37.7 Å². The zero-order valence-corrected chi connectivity index (χ0v) is 34.5. The summed E-state index contributed by atoms with van der Waals surface area (Å²) in [6.07, 6.45) is 0. The number of methoxy groups -OCH3 is 1. The summed E-state index contributed by atoms with van der Waals surface area (Å²) in [7, 11) is -17.2. The third kappa shape index (κ3) is 12.4. The first-order valence-electron chi connectivity index (χ1n) is 15.3. The zero-order chi connectivity index (χ0) is 43.8. The van der Waals surface area contributed by atoms with Crippen LogP contribution in [0.2, 0.25) is 0 Å². The van der Waals surface area contributed by atoms with Gasteiger partial charge in [-0.15, -0.1) is 24.0 Å². The van der Waals surface area contributed by atoms with Gasteiger partial charge in [-0.25, -0.2) is 31.5 Å². The van der Waals surface area contributed by atoms with Crippen LogP contribution in [0.4, 0.5) is 28.4 Å². The molecular weight excluding hydrogens is 919 g/mol. The number of aromatic hydroxyl groups is 1. The van der Waals surface area contributed by atoms with Gasteiger partial charge in [0.1, 0.15) is 27.7 Å². The molecule has 0 aromatic heterocycles. The molecule has 0 aliphatic carbocycles. The number of phenols is 1. The molecular formula is C28H29N5O20S6. The van der Waals surface area contributed by atoms with Crippen molar-refractivity contribution in [3.8, 4) is 11.5 Å². The summed E-state index contributed by atoms with van der Waals surface area (Å²) in [5.41, 5.74) is 4.31. The van der Waals surface area contributed by atoms with E-state index in [1.807, 2.05) is 0 Å². The van der Waals surface area contributed by atoms with Crippen molar-refractivity contribution >= 4 is 104 Å². The summed E-state index contributed by atoms with van der Waals surface area (Å²) < 4.78 is 140. The van der Waals surface area contributed by atoms with Gasteiger partial charge in [0.05, 0.1) is 75.3 Å². The van der Waals surface area contributed by atoms with Crippen molar-refractivity contribution in [2.75, 3.05) is 37.6 Å².